The summed E-state index contributed by atoms with van der Waals surface area (Å²) >= 11 is 1.63. The van der Waals surface area contributed by atoms with Crippen LogP contribution in [-0.4, -0.2) is 43.2 Å². The molecule has 25 heavy (non-hydrogen) atoms. The second-order valence-corrected chi connectivity index (χ2v) is 7.51. The Hall–Kier alpha value is -1.17. The first-order valence-corrected chi connectivity index (χ1v) is 10.4. The SMILES string of the molecule is CC.CC1CN(c2csc3cc(F)ccc23)CC(C)N1CCCCN. The van der Waals surface area contributed by atoms with Gasteiger partial charge in [-0.05, 0) is 58.0 Å². The molecule has 3 nitrogen and oxygen atoms in total. The van der Waals surface area contributed by atoms with Crippen LogP contribution >= 0.6 is 11.3 Å². The number of rotatable bonds is 5. The van der Waals surface area contributed by atoms with Crippen molar-refractivity contribution in [3.8, 4) is 0 Å². The Labute approximate surface area is 155 Å². The molecule has 2 atom stereocenters. The van der Waals surface area contributed by atoms with Crippen molar-refractivity contribution in [3.63, 3.8) is 0 Å². The highest BCUT2D eigenvalue weighted by Crippen LogP contribution is 2.35. The minimum atomic E-state index is -0.155. The highest BCUT2D eigenvalue weighted by molar-refractivity contribution is 7.17. The van der Waals surface area contributed by atoms with Gasteiger partial charge in [0.15, 0.2) is 0 Å². The molecule has 1 aromatic carbocycles. The average Bonchev–Trinajstić information content (AvgIpc) is 3.02. The van der Waals surface area contributed by atoms with E-state index in [-0.39, 0.29) is 5.82 Å². The Morgan fingerprint density at radius 3 is 2.48 bits per heavy atom. The molecule has 0 amide bonds. The number of thiophene rings is 1. The summed E-state index contributed by atoms with van der Waals surface area (Å²) in [5.74, 6) is -0.155. The number of anilines is 1. The molecule has 1 aliphatic rings. The molecule has 1 aromatic heterocycles. The number of fused-ring (bicyclic) bond motifs is 1. The summed E-state index contributed by atoms with van der Waals surface area (Å²) in [6, 6.07) is 6.16. The van der Waals surface area contributed by atoms with Crippen molar-refractivity contribution in [2.45, 2.75) is 52.6 Å². The monoisotopic (exact) mass is 365 g/mol. The maximum atomic E-state index is 13.4. The van der Waals surface area contributed by atoms with E-state index in [9.17, 15) is 4.39 Å². The van der Waals surface area contributed by atoms with Crippen LogP contribution in [0.5, 0.6) is 0 Å². The van der Waals surface area contributed by atoms with Gasteiger partial charge >= 0.3 is 0 Å². The molecule has 0 spiro atoms. The minimum Gasteiger partial charge on any atom is -0.367 e. The van der Waals surface area contributed by atoms with Gasteiger partial charge in [0, 0.05) is 40.6 Å². The Kier molecular flexibility index (Phi) is 7.66. The van der Waals surface area contributed by atoms with Crippen molar-refractivity contribution in [1.82, 2.24) is 4.90 Å². The topological polar surface area (TPSA) is 32.5 Å². The molecule has 0 bridgehead atoms. The predicted molar refractivity (Wildman–Crippen MR) is 109 cm³/mol. The molecule has 0 radical (unpaired) electrons. The summed E-state index contributed by atoms with van der Waals surface area (Å²) in [7, 11) is 0. The number of halogens is 1. The Balaban J connectivity index is 0.00000109. The van der Waals surface area contributed by atoms with E-state index in [2.05, 4.69) is 29.0 Å². The molecule has 5 heteroatoms. The molecular formula is C20H32FN3S. The first kappa shape index (κ1) is 20.1. The van der Waals surface area contributed by atoms with Gasteiger partial charge in [-0.3, -0.25) is 4.90 Å². The molecule has 2 N–H and O–H groups in total. The lowest BCUT2D eigenvalue weighted by Gasteiger charge is -2.45. The van der Waals surface area contributed by atoms with Crippen molar-refractivity contribution in [3.05, 3.63) is 29.4 Å². The van der Waals surface area contributed by atoms with Crippen molar-refractivity contribution in [2.24, 2.45) is 5.73 Å². The van der Waals surface area contributed by atoms with E-state index < -0.39 is 0 Å². The van der Waals surface area contributed by atoms with E-state index in [0.717, 1.165) is 37.3 Å². The Morgan fingerprint density at radius 1 is 1.16 bits per heavy atom. The molecule has 140 valence electrons. The third-order valence-corrected chi connectivity index (χ3v) is 5.76. The van der Waals surface area contributed by atoms with Gasteiger partial charge in [-0.15, -0.1) is 11.3 Å². The second-order valence-electron chi connectivity index (χ2n) is 6.60. The van der Waals surface area contributed by atoms with Crippen LogP contribution in [0.1, 0.15) is 40.5 Å². The van der Waals surface area contributed by atoms with Gasteiger partial charge in [0.05, 0.1) is 5.69 Å². The first-order valence-electron chi connectivity index (χ1n) is 9.47. The van der Waals surface area contributed by atoms with Crippen molar-refractivity contribution in [2.75, 3.05) is 31.1 Å². The fourth-order valence-corrected chi connectivity index (χ4v) is 4.66. The zero-order valence-corrected chi connectivity index (χ0v) is 16.8. The molecule has 3 rings (SSSR count). The zero-order valence-electron chi connectivity index (χ0n) is 16.0. The van der Waals surface area contributed by atoms with Crippen LogP contribution in [0.15, 0.2) is 23.6 Å². The second kappa shape index (κ2) is 9.51. The summed E-state index contributed by atoms with van der Waals surface area (Å²) in [5, 5.41) is 3.35. The molecule has 0 aliphatic carbocycles. The van der Waals surface area contributed by atoms with Gasteiger partial charge in [-0.2, -0.15) is 0 Å². The van der Waals surface area contributed by atoms with Crippen LogP contribution in [0, 0.1) is 5.82 Å². The number of hydrogen-bond acceptors (Lipinski definition) is 4. The van der Waals surface area contributed by atoms with Gasteiger partial charge in [-0.25, -0.2) is 4.39 Å². The van der Waals surface area contributed by atoms with Gasteiger partial charge in [-0.1, -0.05) is 13.8 Å². The Morgan fingerprint density at radius 2 is 1.84 bits per heavy atom. The summed E-state index contributed by atoms with van der Waals surface area (Å²) in [6.07, 6.45) is 2.27. The van der Waals surface area contributed by atoms with Crippen molar-refractivity contribution < 1.29 is 4.39 Å². The number of nitrogens with zero attached hydrogens (tertiary/aromatic N) is 2. The summed E-state index contributed by atoms with van der Waals surface area (Å²) < 4.78 is 14.4. The molecule has 2 unspecified atom stereocenters. The first-order chi connectivity index (χ1) is 12.1. The van der Waals surface area contributed by atoms with E-state index in [4.69, 9.17) is 5.73 Å². The lowest BCUT2D eigenvalue weighted by Crippen LogP contribution is -2.57. The van der Waals surface area contributed by atoms with Crippen molar-refractivity contribution >= 4 is 27.1 Å². The van der Waals surface area contributed by atoms with Crippen molar-refractivity contribution in [1.29, 1.82) is 0 Å². The summed E-state index contributed by atoms with van der Waals surface area (Å²) in [4.78, 5) is 5.06. The fourth-order valence-electron chi connectivity index (χ4n) is 3.67. The van der Waals surface area contributed by atoms with Crippen LogP contribution in [0.3, 0.4) is 0 Å². The standard InChI is InChI=1S/C18H26FN3S.C2H6/c1-13-10-21(11-14(2)22(13)8-4-3-7-20)17-12-23-18-9-15(19)5-6-16(17)18;1-2/h5-6,9,12-14H,3-4,7-8,10-11,20H2,1-2H3;1-2H3. The summed E-state index contributed by atoms with van der Waals surface area (Å²) in [5.41, 5.74) is 6.87. The van der Waals surface area contributed by atoms with Crippen LogP contribution in [0.2, 0.25) is 0 Å². The quantitative estimate of drug-likeness (QED) is 0.779. The van der Waals surface area contributed by atoms with Gasteiger partial charge in [0.25, 0.3) is 0 Å². The van der Waals surface area contributed by atoms with Gasteiger partial charge in [0.2, 0.25) is 0 Å². The molecule has 0 saturated carbocycles. The largest absolute Gasteiger partial charge is 0.367 e. The number of nitrogens with two attached hydrogens (primary N) is 1. The number of benzene rings is 1. The number of hydrogen-bond donors (Lipinski definition) is 1. The van der Waals surface area contributed by atoms with E-state index in [1.807, 2.05) is 19.9 Å². The average molecular weight is 366 g/mol. The third kappa shape index (κ3) is 4.72. The molecule has 2 aromatic rings. The van der Waals surface area contributed by atoms with Crippen LogP contribution < -0.4 is 10.6 Å². The number of unbranched alkanes of at least 4 members (excludes halogenated alkanes) is 1. The zero-order chi connectivity index (χ0) is 18.4. The highest BCUT2D eigenvalue weighted by Gasteiger charge is 2.29. The number of piperazine rings is 1. The van der Waals surface area contributed by atoms with E-state index in [1.54, 1.807) is 23.5 Å². The molecule has 1 fully saturated rings. The molecule has 2 heterocycles. The van der Waals surface area contributed by atoms with Crippen LogP contribution in [-0.2, 0) is 0 Å². The maximum Gasteiger partial charge on any atom is 0.124 e. The minimum absolute atomic E-state index is 0.155. The maximum absolute atomic E-state index is 13.4. The van der Waals surface area contributed by atoms with Crippen LogP contribution in [0.4, 0.5) is 10.1 Å². The lowest BCUT2D eigenvalue weighted by atomic mass is 10.1. The normalized spacial score (nSPS) is 21.3. The van der Waals surface area contributed by atoms with Crippen LogP contribution in [0.25, 0.3) is 10.1 Å². The predicted octanol–water partition coefficient (Wildman–Crippen LogP) is 4.70. The van der Waals surface area contributed by atoms with Gasteiger partial charge < -0.3 is 10.6 Å². The third-order valence-electron chi connectivity index (χ3n) is 4.83. The highest BCUT2D eigenvalue weighted by atomic mass is 32.1. The fraction of sp³-hybridized carbons (Fsp3) is 0.600. The molecule has 1 saturated heterocycles. The van der Waals surface area contributed by atoms with E-state index >= 15 is 0 Å². The smallest absolute Gasteiger partial charge is 0.124 e. The van der Waals surface area contributed by atoms with E-state index in [0.29, 0.717) is 12.1 Å². The van der Waals surface area contributed by atoms with E-state index in [1.165, 1.54) is 17.5 Å². The molecular weight excluding hydrogens is 333 g/mol. The summed E-state index contributed by atoms with van der Waals surface area (Å²) in [6.45, 7) is 12.6. The molecule has 1 aliphatic heterocycles. The van der Waals surface area contributed by atoms with Gasteiger partial charge in [0.1, 0.15) is 5.82 Å². The Bertz CT molecular complexity index is 645. The lowest BCUT2D eigenvalue weighted by molar-refractivity contribution is 0.130.